The van der Waals surface area contributed by atoms with E-state index in [2.05, 4.69) is 25.1 Å². The molecule has 0 fully saturated rings. The second kappa shape index (κ2) is 7.53. The maximum absolute atomic E-state index is 12.7. The second-order valence-corrected chi connectivity index (χ2v) is 7.13. The van der Waals surface area contributed by atoms with E-state index in [0.717, 1.165) is 26.6 Å². The van der Waals surface area contributed by atoms with Crippen LogP contribution in [0.3, 0.4) is 0 Å². The Morgan fingerprint density at radius 2 is 1.88 bits per heavy atom. The molecule has 25 heavy (non-hydrogen) atoms. The molecule has 1 amide bonds. The summed E-state index contributed by atoms with van der Waals surface area (Å²) in [5.74, 6) is 0.836. The lowest BCUT2D eigenvalue weighted by Gasteiger charge is -2.16. The van der Waals surface area contributed by atoms with Gasteiger partial charge in [-0.25, -0.2) is 0 Å². The molecule has 0 atom stereocenters. The van der Waals surface area contributed by atoms with Crippen molar-refractivity contribution in [2.75, 3.05) is 14.2 Å². The molecule has 0 aliphatic rings. The van der Waals surface area contributed by atoms with E-state index in [1.807, 2.05) is 49.5 Å². The number of ether oxygens (including phenoxy) is 1. The molecule has 0 aliphatic heterocycles. The van der Waals surface area contributed by atoms with E-state index in [4.69, 9.17) is 4.74 Å². The average Bonchev–Trinajstić information content (AvgIpc) is 3.11. The zero-order valence-corrected chi connectivity index (χ0v) is 15.5. The molecular formula is C21H21NO2S. The molecule has 128 valence electrons. The molecule has 0 unspecified atom stereocenters. The number of hydrogen-bond donors (Lipinski definition) is 0. The Hall–Kier alpha value is -2.59. The second-order valence-electron chi connectivity index (χ2n) is 6.05. The van der Waals surface area contributed by atoms with Gasteiger partial charge in [-0.15, -0.1) is 11.3 Å². The van der Waals surface area contributed by atoms with Gasteiger partial charge in [0.25, 0.3) is 5.91 Å². The molecule has 4 heteroatoms. The van der Waals surface area contributed by atoms with Gasteiger partial charge in [-0.05, 0) is 42.3 Å². The minimum absolute atomic E-state index is 0.0340. The number of carbonyl (C=O) groups excluding carboxylic acids is 1. The van der Waals surface area contributed by atoms with Gasteiger partial charge in [0.15, 0.2) is 0 Å². The maximum atomic E-state index is 12.7. The minimum Gasteiger partial charge on any atom is -0.497 e. The Labute approximate surface area is 152 Å². The Morgan fingerprint density at radius 1 is 1.08 bits per heavy atom. The Morgan fingerprint density at radius 3 is 2.64 bits per heavy atom. The van der Waals surface area contributed by atoms with Gasteiger partial charge in [0.1, 0.15) is 5.75 Å². The molecule has 0 spiro atoms. The first-order chi connectivity index (χ1) is 12.1. The number of carbonyl (C=O) groups is 1. The van der Waals surface area contributed by atoms with Crippen LogP contribution in [0.1, 0.15) is 20.8 Å². The maximum Gasteiger partial charge on any atom is 0.263 e. The number of benzene rings is 2. The van der Waals surface area contributed by atoms with Gasteiger partial charge in [0, 0.05) is 18.5 Å². The highest BCUT2D eigenvalue weighted by molar-refractivity contribution is 7.17. The summed E-state index contributed by atoms with van der Waals surface area (Å²) in [4.78, 5) is 16.3. The number of nitrogens with zero attached hydrogens (tertiary/aromatic N) is 1. The van der Waals surface area contributed by atoms with Crippen LogP contribution in [0.25, 0.3) is 10.4 Å². The first-order valence-electron chi connectivity index (χ1n) is 8.12. The van der Waals surface area contributed by atoms with Crippen molar-refractivity contribution in [2.24, 2.45) is 0 Å². The monoisotopic (exact) mass is 351 g/mol. The molecule has 0 N–H and O–H groups in total. The van der Waals surface area contributed by atoms with Crippen molar-refractivity contribution in [2.45, 2.75) is 13.5 Å². The van der Waals surface area contributed by atoms with Crippen LogP contribution >= 0.6 is 11.3 Å². The molecule has 0 bridgehead atoms. The number of hydrogen-bond acceptors (Lipinski definition) is 3. The fraction of sp³-hybridized carbons (Fsp3) is 0.190. The lowest BCUT2D eigenvalue weighted by atomic mass is 10.1. The SMILES string of the molecule is COc1cccc(CN(C)C(=O)c2ccc(-c3cccc(C)c3)s2)c1. The predicted molar refractivity (Wildman–Crippen MR) is 103 cm³/mol. The van der Waals surface area contributed by atoms with Gasteiger partial charge < -0.3 is 9.64 Å². The largest absolute Gasteiger partial charge is 0.497 e. The molecule has 1 aromatic heterocycles. The number of thiophene rings is 1. The minimum atomic E-state index is 0.0340. The molecular weight excluding hydrogens is 330 g/mol. The number of aryl methyl sites for hydroxylation is 1. The fourth-order valence-corrected chi connectivity index (χ4v) is 3.71. The third-order valence-corrected chi connectivity index (χ3v) is 5.14. The quantitative estimate of drug-likeness (QED) is 0.647. The standard InChI is InChI=1S/C21H21NO2S/c1-15-6-4-8-17(12-15)19-10-11-20(25-19)21(23)22(2)14-16-7-5-9-18(13-16)24-3/h4-13H,14H2,1-3H3. The summed E-state index contributed by atoms with van der Waals surface area (Å²) in [5.41, 5.74) is 3.42. The molecule has 0 saturated carbocycles. The topological polar surface area (TPSA) is 29.5 Å². The lowest BCUT2D eigenvalue weighted by Crippen LogP contribution is -2.25. The van der Waals surface area contributed by atoms with Crippen LogP contribution in [-0.4, -0.2) is 25.0 Å². The first-order valence-corrected chi connectivity index (χ1v) is 8.94. The highest BCUT2D eigenvalue weighted by Crippen LogP contribution is 2.29. The van der Waals surface area contributed by atoms with E-state index in [-0.39, 0.29) is 5.91 Å². The Balaban J connectivity index is 1.74. The summed E-state index contributed by atoms with van der Waals surface area (Å²) in [6.07, 6.45) is 0. The van der Waals surface area contributed by atoms with Gasteiger partial charge >= 0.3 is 0 Å². The van der Waals surface area contributed by atoms with Crippen molar-refractivity contribution in [1.82, 2.24) is 4.90 Å². The van der Waals surface area contributed by atoms with Crippen molar-refractivity contribution < 1.29 is 9.53 Å². The van der Waals surface area contributed by atoms with Crippen LogP contribution in [0.15, 0.2) is 60.7 Å². The van der Waals surface area contributed by atoms with Gasteiger partial charge in [0.05, 0.1) is 12.0 Å². The van der Waals surface area contributed by atoms with Gasteiger partial charge in [-0.1, -0.05) is 42.0 Å². The summed E-state index contributed by atoms with van der Waals surface area (Å²) in [7, 11) is 3.47. The average molecular weight is 351 g/mol. The number of rotatable bonds is 5. The van der Waals surface area contributed by atoms with Gasteiger partial charge in [-0.3, -0.25) is 4.79 Å². The molecule has 3 rings (SSSR count). The molecule has 2 aromatic carbocycles. The third kappa shape index (κ3) is 4.09. The summed E-state index contributed by atoms with van der Waals surface area (Å²) in [6.45, 7) is 2.62. The third-order valence-electron chi connectivity index (χ3n) is 4.02. The Bertz CT molecular complexity index is 885. The van der Waals surface area contributed by atoms with E-state index >= 15 is 0 Å². The molecule has 0 aliphatic carbocycles. The summed E-state index contributed by atoms with van der Waals surface area (Å²) in [6, 6.07) is 20.1. The fourth-order valence-electron chi connectivity index (χ4n) is 2.71. The molecule has 3 nitrogen and oxygen atoms in total. The van der Waals surface area contributed by atoms with E-state index in [1.54, 1.807) is 12.0 Å². The van der Waals surface area contributed by atoms with Gasteiger partial charge in [-0.2, -0.15) is 0 Å². The van der Waals surface area contributed by atoms with Crippen LogP contribution in [0.2, 0.25) is 0 Å². The lowest BCUT2D eigenvalue weighted by molar-refractivity contribution is 0.0790. The smallest absolute Gasteiger partial charge is 0.263 e. The van der Waals surface area contributed by atoms with Crippen LogP contribution in [0.4, 0.5) is 0 Å². The van der Waals surface area contributed by atoms with Crippen molar-refractivity contribution in [3.05, 3.63) is 76.7 Å². The molecule has 0 saturated heterocycles. The van der Waals surface area contributed by atoms with Gasteiger partial charge in [0.2, 0.25) is 0 Å². The molecule has 1 heterocycles. The van der Waals surface area contributed by atoms with Crippen molar-refractivity contribution in [1.29, 1.82) is 0 Å². The first kappa shape index (κ1) is 17.2. The van der Waals surface area contributed by atoms with E-state index in [0.29, 0.717) is 6.54 Å². The highest BCUT2D eigenvalue weighted by Gasteiger charge is 2.15. The van der Waals surface area contributed by atoms with Crippen molar-refractivity contribution >= 4 is 17.2 Å². The van der Waals surface area contributed by atoms with Crippen molar-refractivity contribution in [3.63, 3.8) is 0 Å². The van der Waals surface area contributed by atoms with E-state index in [1.165, 1.54) is 16.9 Å². The van der Waals surface area contributed by atoms with Crippen LogP contribution < -0.4 is 4.74 Å². The predicted octanol–water partition coefficient (Wildman–Crippen LogP) is 5.00. The summed E-state index contributed by atoms with van der Waals surface area (Å²) >= 11 is 1.53. The zero-order chi connectivity index (χ0) is 17.8. The number of methoxy groups -OCH3 is 1. The number of amides is 1. The summed E-state index contributed by atoms with van der Waals surface area (Å²) < 4.78 is 5.24. The van der Waals surface area contributed by atoms with Crippen LogP contribution in [0.5, 0.6) is 5.75 Å². The van der Waals surface area contributed by atoms with E-state index in [9.17, 15) is 4.79 Å². The Kier molecular flexibility index (Phi) is 5.19. The molecule has 0 radical (unpaired) electrons. The highest BCUT2D eigenvalue weighted by atomic mass is 32.1. The normalized spacial score (nSPS) is 10.5. The zero-order valence-electron chi connectivity index (χ0n) is 14.7. The summed E-state index contributed by atoms with van der Waals surface area (Å²) in [5, 5.41) is 0. The molecule has 3 aromatic rings. The van der Waals surface area contributed by atoms with Crippen LogP contribution in [0, 0.1) is 6.92 Å². The van der Waals surface area contributed by atoms with Crippen molar-refractivity contribution in [3.8, 4) is 16.2 Å². The van der Waals surface area contributed by atoms with E-state index < -0.39 is 0 Å². The van der Waals surface area contributed by atoms with Crippen LogP contribution in [-0.2, 0) is 6.54 Å².